The zero-order chi connectivity index (χ0) is 25.1. The molecule has 0 aliphatic carbocycles. The highest BCUT2D eigenvalue weighted by Gasteiger charge is 2.38. The number of aromatic nitrogens is 2. The fourth-order valence-corrected chi connectivity index (χ4v) is 5.25. The van der Waals surface area contributed by atoms with Gasteiger partial charge in [-0.05, 0) is 67.4 Å². The number of rotatable bonds is 7. The SMILES string of the molecule is COc1cc(CNc2ncccc2C(=O)Nc2ccc3c(c2)N(C2CCNCC2)CC3(C)C)ccn1. The topological polar surface area (TPSA) is 91.4 Å². The Hall–Kier alpha value is -3.65. The summed E-state index contributed by atoms with van der Waals surface area (Å²) in [5.74, 6) is 0.888. The molecule has 4 heterocycles. The molecule has 1 saturated heterocycles. The van der Waals surface area contributed by atoms with Crippen molar-refractivity contribution in [2.75, 3.05) is 42.3 Å². The van der Waals surface area contributed by atoms with E-state index in [1.54, 1.807) is 31.6 Å². The number of amides is 1. The lowest BCUT2D eigenvalue weighted by Gasteiger charge is -2.34. The molecule has 0 bridgehead atoms. The highest BCUT2D eigenvalue weighted by molar-refractivity contribution is 6.07. The Kier molecular flexibility index (Phi) is 6.78. The summed E-state index contributed by atoms with van der Waals surface area (Å²) in [6.45, 7) is 8.21. The minimum absolute atomic E-state index is 0.0822. The molecular weight excluding hydrogens is 452 g/mol. The zero-order valence-corrected chi connectivity index (χ0v) is 21.2. The third-order valence-corrected chi connectivity index (χ3v) is 7.13. The standard InChI is InChI=1S/C28H34N6O2/c1-28(2)18-34(21-9-12-29-13-10-21)24-16-20(6-7-23(24)28)33-27(35)22-5-4-11-31-26(22)32-17-19-8-14-30-25(15-19)36-3/h4-8,11,14-16,21,29H,9-10,12-13,17-18H2,1-3H3,(H,31,32)(H,33,35). The van der Waals surface area contributed by atoms with Crippen molar-refractivity contribution in [2.45, 2.75) is 44.7 Å². The summed E-state index contributed by atoms with van der Waals surface area (Å²) in [6, 6.07) is 14.2. The van der Waals surface area contributed by atoms with Crippen LogP contribution in [0.1, 0.15) is 48.2 Å². The van der Waals surface area contributed by atoms with Crippen molar-refractivity contribution in [3.8, 4) is 5.88 Å². The van der Waals surface area contributed by atoms with Gasteiger partial charge in [-0.15, -0.1) is 0 Å². The summed E-state index contributed by atoms with van der Waals surface area (Å²) in [6.07, 6.45) is 5.66. The van der Waals surface area contributed by atoms with Gasteiger partial charge in [0.1, 0.15) is 5.82 Å². The fraction of sp³-hybridized carbons (Fsp3) is 0.393. The monoisotopic (exact) mass is 486 g/mol. The van der Waals surface area contributed by atoms with Gasteiger partial charge >= 0.3 is 0 Å². The van der Waals surface area contributed by atoms with Gasteiger partial charge in [-0.2, -0.15) is 0 Å². The van der Waals surface area contributed by atoms with Crippen LogP contribution in [0.15, 0.2) is 54.9 Å². The zero-order valence-electron chi connectivity index (χ0n) is 21.2. The van der Waals surface area contributed by atoms with Crippen molar-refractivity contribution in [2.24, 2.45) is 0 Å². The first-order valence-corrected chi connectivity index (χ1v) is 12.6. The van der Waals surface area contributed by atoms with Crippen LogP contribution >= 0.6 is 0 Å². The quantitative estimate of drug-likeness (QED) is 0.461. The van der Waals surface area contributed by atoms with E-state index in [1.165, 1.54) is 11.3 Å². The van der Waals surface area contributed by atoms with Crippen LogP contribution in [0.25, 0.3) is 0 Å². The second kappa shape index (κ2) is 10.1. The van der Waals surface area contributed by atoms with Crippen LogP contribution in [0.4, 0.5) is 17.2 Å². The number of nitrogens with one attached hydrogen (secondary N) is 3. The number of carbonyl (C=O) groups is 1. The smallest absolute Gasteiger partial charge is 0.259 e. The lowest BCUT2D eigenvalue weighted by molar-refractivity contribution is 0.102. The molecule has 5 rings (SSSR count). The first-order valence-electron chi connectivity index (χ1n) is 12.6. The summed E-state index contributed by atoms with van der Waals surface area (Å²) in [5.41, 5.74) is 4.94. The Labute approximate surface area is 212 Å². The molecule has 8 heteroatoms. The van der Waals surface area contributed by atoms with Gasteiger partial charge in [-0.25, -0.2) is 9.97 Å². The van der Waals surface area contributed by atoms with Gasteiger partial charge in [-0.3, -0.25) is 4.79 Å². The van der Waals surface area contributed by atoms with E-state index < -0.39 is 0 Å². The summed E-state index contributed by atoms with van der Waals surface area (Å²) < 4.78 is 5.20. The van der Waals surface area contributed by atoms with Gasteiger partial charge in [0.2, 0.25) is 5.88 Å². The highest BCUT2D eigenvalue weighted by atomic mass is 16.5. The van der Waals surface area contributed by atoms with E-state index in [-0.39, 0.29) is 11.3 Å². The van der Waals surface area contributed by atoms with Crippen LogP contribution in [0.5, 0.6) is 5.88 Å². The van der Waals surface area contributed by atoms with Crippen molar-refractivity contribution < 1.29 is 9.53 Å². The Balaban J connectivity index is 1.33. The van der Waals surface area contributed by atoms with Gasteiger partial charge < -0.3 is 25.6 Å². The molecule has 2 aromatic heterocycles. The maximum Gasteiger partial charge on any atom is 0.259 e. The second-order valence-corrected chi connectivity index (χ2v) is 10.1. The largest absolute Gasteiger partial charge is 0.481 e. The van der Waals surface area contributed by atoms with Crippen molar-refractivity contribution in [1.82, 2.24) is 15.3 Å². The molecule has 0 atom stereocenters. The van der Waals surface area contributed by atoms with Crippen molar-refractivity contribution >= 4 is 23.1 Å². The molecule has 2 aliphatic heterocycles. The lowest BCUT2D eigenvalue weighted by atomic mass is 9.87. The van der Waals surface area contributed by atoms with Crippen LogP contribution in [-0.4, -0.2) is 48.7 Å². The second-order valence-electron chi connectivity index (χ2n) is 10.1. The van der Waals surface area contributed by atoms with Crippen LogP contribution in [0.2, 0.25) is 0 Å². The molecular formula is C28H34N6O2. The van der Waals surface area contributed by atoms with E-state index in [9.17, 15) is 4.79 Å². The normalized spacial score (nSPS) is 16.9. The Morgan fingerprint density at radius 3 is 2.78 bits per heavy atom. The molecule has 0 spiro atoms. The van der Waals surface area contributed by atoms with E-state index in [1.807, 2.05) is 18.2 Å². The minimum atomic E-state index is -0.191. The molecule has 1 aromatic carbocycles. The maximum absolute atomic E-state index is 13.3. The predicted molar refractivity (Wildman–Crippen MR) is 143 cm³/mol. The summed E-state index contributed by atoms with van der Waals surface area (Å²) in [7, 11) is 1.59. The number of anilines is 3. The molecule has 3 aromatic rings. The van der Waals surface area contributed by atoms with Gasteiger partial charge in [0.25, 0.3) is 5.91 Å². The summed E-state index contributed by atoms with van der Waals surface area (Å²) in [4.78, 5) is 24.4. The molecule has 36 heavy (non-hydrogen) atoms. The number of fused-ring (bicyclic) bond motifs is 1. The number of nitrogens with zero attached hydrogens (tertiary/aromatic N) is 3. The molecule has 188 valence electrons. The Morgan fingerprint density at radius 1 is 1.14 bits per heavy atom. The number of ether oxygens (including phenoxy) is 1. The van der Waals surface area contributed by atoms with E-state index in [0.29, 0.717) is 29.8 Å². The van der Waals surface area contributed by atoms with Gasteiger partial charge in [0.05, 0.1) is 12.7 Å². The molecule has 0 radical (unpaired) electrons. The third kappa shape index (κ3) is 4.99. The van der Waals surface area contributed by atoms with Crippen molar-refractivity contribution in [1.29, 1.82) is 0 Å². The number of hydrogen-bond acceptors (Lipinski definition) is 7. The van der Waals surface area contributed by atoms with Crippen LogP contribution in [0.3, 0.4) is 0 Å². The molecule has 1 fully saturated rings. The number of carbonyl (C=O) groups excluding carboxylic acids is 1. The predicted octanol–water partition coefficient (Wildman–Crippen LogP) is 4.20. The van der Waals surface area contributed by atoms with E-state index in [4.69, 9.17) is 4.74 Å². The number of methoxy groups -OCH3 is 1. The van der Waals surface area contributed by atoms with E-state index in [0.717, 1.165) is 43.7 Å². The maximum atomic E-state index is 13.3. The number of benzene rings is 1. The van der Waals surface area contributed by atoms with Gasteiger partial charge in [0, 0.05) is 54.4 Å². The number of piperidine rings is 1. The minimum Gasteiger partial charge on any atom is -0.481 e. The molecule has 2 aliphatic rings. The molecule has 0 saturated carbocycles. The van der Waals surface area contributed by atoms with Gasteiger partial charge in [0.15, 0.2) is 0 Å². The van der Waals surface area contributed by atoms with Crippen LogP contribution in [0, 0.1) is 0 Å². The number of pyridine rings is 2. The highest BCUT2D eigenvalue weighted by Crippen LogP contribution is 2.43. The summed E-state index contributed by atoms with van der Waals surface area (Å²) in [5, 5.41) is 9.85. The van der Waals surface area contributed by atoms with Gasteiger partial charge in [-0.1, -0.05) is 19.9 Å². The van der Waals surface area contributed by atoms with Crippen LogP contribution in [-0.2, 0) is 12.0 Å². The van der Waals surface area contributed by atoms with E-state index in [2.05, 4.69) is 56.8 Å². The van der Waals surface area contributed by atoms with Crippen molar-refractivity contribution in [3.63, 3.8) is 0 Å². The summed E-state index contributed by atoms with van der Waals surface area (Å²) >= 11 is 0. The molecule has 3 N–H and O–H groups in total. The Bertz CT molecular complexity index is 1240. The first kappa shape index (κ1) is 24.1. The molecule has 8 nitrogen and oxygen atoms in total. The van der Waals surface area contributed by atoms with E-state index >= 15 is 0 Å². The molecule has 0 unspecified atom stereocenters. The fourth-order valence-electron chi connectivity index (χ4n) is 5.25. The van der Waals surface area contributed by atoms with Crippen molar-refractivity contribution in [3.05, 3.63) is 71.5 Å². The average molecular weight is 487 g/mol. The number of hydrogen-bond donors (Lipinski definition) is 3. The third-order valence-electron chi connectivity index (χ3n) is 7.13. The molecule has 1 amide bonds. The average Bonchev–Trinajstić information content (AvgIpc) is 3.18. The van der Waals surface area contributed by atoms with Crippen LogP contribution < -0.4 is 25.6 Å². The Morgan fingerprint density at radius 2 is 1.97 bits per heavy atom. The first-order chi connectivity index (χ1) is 17.4. The lowest BCUT2D eigenvalue weighted by Crippen LogP contribution is -2.44.